The molecule has 0 aromatic heterocycles. The molecular formula is C10H11IO. The van der Waals surface area contributed by atoms with Crippen LogP contribution < -0.4 is 0 Å². The normalized spacial score (nSPS) is 12.5. The summed E-state index contributed by atoms with van der Waals surface area (Å²) in [5.41, 5.74) is 0.984. The van der Waals surface area contributed by atoms with Crippen LogP contribution in [0, 0.1) is 3.57 Å². The van der Waals surface area contributed by atoms with E-state index in [0.717, 1.165) is 9.13 Å². The van der Waals surface area contributed by atoms with E-state index < -0.39 is 6.10 Å². The number of aliphatic hydroxyl groups excluding tert-OH is 1. The van der Waals surface area contributed by atoms with Crippen molar-refractivity contribution in [3.63, 3.8) is 0 Å². The van der Waals surface area contributed by atoms with E-state index in [-0.39, 0.29) is 0 Å². The zero-order valence-corrected chi connectivity index (χ0v) is 8.86. The molecule has 1 nitrogen and oxygen atoms in total. The highest BCUT2D eigenvalue weighted by Gasteiger charge is 2.07. The van der Waals surface area contributed by atoms with Gasteiger partial charge in [-0.2, -0.15) is 0 Å². The topological polar surface area (TPSA) is 20.2 Å². The van der Waals surface area contributed by atoms with Crippen LogP contribution in [0.15, 0.2) is 36.9 Å². The van der Waals surface area contributed by atoms with E-state index in [9.17, 15) is 5.11 Å². The Labute approximate surface area is 86.3 Å². The van der Waals surface area contributed by atoms with E-state index in [1.807, 2.05) is 24.3 Å². The number of hydrogen-bond acceptors (Lipinski definition) is 1. The van der Waals surface area contributed by atoms with Gasteiger partial charge in [0.2, 0.25) is 0 Å². The molecule has 0 aliphatic carbocycles. The van der Waals surface area contributed by atoms with Crippen LogP contribution in [0.2, 0.25) is 0 Å². The second kappa shape index (κ2) is 4.62. The first-order chi connectivity index (χ1) is 5.75. The quantitative estimate of drug-likeness (QED) is 0.663. The summed E-state index contributed by atoms with van der Waals surface area (Å²) in [7, 11) is 0. The monoisotopic (exact) mass is 274 g/mol. The Morgan fingerprint density at radius 2 is 2.17 bits per heavy atom. The van der Waals surface area contributed by atoms with Gasteiger partial charge in [-0.1, -0.05) is 24.3 Å². The molecule has 1 aromatic rings. The van der Waals surface area contributed by atoms with Crippen molar-refractivity contribution >= 4 is 22.6 Å². The zero-order chi connectivity index (χ0) is 8.97. The molecule has 0 fully saturated rings. The third kappa shape index (κ3) is 2.32. The molecule has 0 aliphatic heterocycles. The zero-order valence-electron chi connectivity index (χ0n) is 6.70. The standard InChI is InChI=1S/C10H11IO/c1-2-5-10(12)8-6-3-4-7-9(8)11/h2-4,6-7,10,12H,1,5H2. The van der Waals surface area contributed by atoms with Gasteiger partial charge in [-0.05, 0) is 40.6 Å². The molecule has 0 saturated heterocycles. The van der Waals surface area contributed by atoms with Crippen molar-refractivity contribution in [2.75, 3.05) is 0 Å². The number of hydrogen-bond donors (Lipinski definition) is 1. The number of benzene rings is 1. The predicted molar refractivity (Wildman–Crippen MR) is 58.9 cm³/mol. The summed E-state index contributed by atoms with van der Waals surface area (Å²) in [6, 6.07) is 7.83. The fourth-order valence-electron chi connectivity index (χ4n) is 1.03. The van der Waals surface area contributed by atoms with Crippen molar-refractivity contribution in [1.29, 1.82) is 0 Å². The van der Waals surface area contributed by atoms with E-state index in [1.54, 1.807) is 6.08 Å². The van der Waals surface area contributed by atoms with E-state index in [0.29, 0.717) is 6.42 Å². The molecule has 2 heteroatoms. The maximum Gasteiger partial charge on any atom is 0.0834 e. The molecule has 0 radical (unpaired) electrons. The minimum atomic E-state index is -0.407. The highest BCUT2D eigenvalue weighted by molar-refractivity contribution is 14.1. The summed E-state index contributed by atoms with van der Waals surface area (Å²) >= 11 is 2.22. The van der Waals surface area contributed by atoms with Gasteiger partial charge in [0.25, 0.3) is 0 Å². The fourth-order valence-corrected chi connectivity index (χ4v) is 1.78. The molecule has 1 unspecified atom stereocenters. The van der Waals surface area contributed by atoms with Crippen LogP contribution in [-0.2, 0) is 0 Å². The van der Waals surface area contributed by atoms with Gasteiger partial charge in [0, 0.05) is 3.57 Å². The van der Waals surface area contributed by atoms with Crippen LogP contribution >= 0.6 is 22.6 Å². The van der Waals surface area contributed by atoms with Gasteiger partial charge in [-0.15, -0.1) is 6.58 Å². The third-order valence-corrected chi connectivity index (χ3v) is 2.64. The minimum absolute atomic E-state index is 0.407. The van der Waals surface area contributed by atoms with Crippen LogP contribution in [-0.4, -0.2) is 5.11 Å². The van der Waals surface area contributed by atoms with Crippen LogP contribution in [0.25, 0.3) is 0 Å². The molecule has 64 valence electrons. The summed E-state index contributed by atoms with van der Waals surface area (Å²) in [5, 5.41) is 9.63. The van der Waals surface area contributed by atoms with E-state index in [1.165, 1.54) is 0 Å². The molecule has 0 spiro atoms. The largest absolute Gasteiger partial charge is 0.388 e. The highest BCUT2D eigenvalue weighted by Crippen LogP contribution is 2.22. The molecule has 0 saturated carbocycles. The minimum Gasteiger partial charge on any atom is -0.388 e. The summed E-state index contributed by atoms with van der Waals surface area (Å²) in [6.07, 6.45) is 1.93. The second-order valence-corrected chi connectivity index (χ2v) is 3.72. The lowest BCUT2D eigenvalue weighted by atomic mass is 10.1. The van der Waals surface area contributed by atoms with Crippen molar-refractivity contribution in [1.82, 2.24) is 0 Å². The SMILES string of the molecule is C=CCC(O)c1ccccc1I. The molecule has 1 N–H and O–H groups in total. The second-order valence-electron chi connectivity index (χ2n) is 2.56. The maximum atomic E-state index is 9.63. The molecule has 0 amide bonds. The number of halogens is 1. The van der Waals surface area contributed by atoms with E-state index in [2.05, 4.69) is 29.2 Å². The molecule has 0 bridgehead atoms. The molecule has 1 rings (SSSR count). The molecule has 0 aliphatic rings. The lowest BCUT2D eigenvalue weighted by molar-refractivity contribution is 0.181. The Bertz CT molecular complexity index is 270. The van der Waals surface area contributed by atoms with Gasteiger partial charge >= 0.3 is 0 Å². The first kappa shape index (κ1) is 9.74. The average Bonchev–Trinajstić information content (AvgIpc) is 2.05. The first-order valence-corrected chi connectivity index (χ1v) is 4.87. The summed E-state index contributed by atoms with van der Waals surface area (Å²) < 4.78 is 1.10. The van der Waals surface area contributed by atoms with Crippen LogP contribution in [0.3, 0.4) is 0 Å². The number of rotatable bonds is 3. The van der Waals surface area contributed by atoms with Gasteiger partial charge in [-0.3, -0.25) is 0 Å². The van der Waals surface area contributed by atoms with Crippen molar-refractivity contribution < 1.29 is 5.11 Å². The van der Waals surface area contributed by atoms with E-state index in [4.69, 9.17) is 0 Å². The van der Waals surface area contributed by atoms with Gasteiger partial charge in [-0.25, -0.2) is 0 Å². The summed E-state index contributed by atoms with van der Waals surface area (Å²) in [6.45, 7) is 3.59. The Balaban J connectivity index is 2.86. The average molecular weight is 274 g/mol. The highest BCUT2D eigenvalue weighted by atomic mass is 127. The van der Waals surface area contributed by atoms with Crippen LogP contribution in [0.4, 0.5) is 0 Å². The van der Waals surface area contributed by atoms with Crippen molar-refractivity contribution in [2.24, 2.45) is 0 Å². The first-order valence-electron chi connectivity index (χ1n) is 3.79. The Kier molecular flexibility index (Phi) is 3.75. The smallest absolute Gasteiger partial charge is 0.0834 e. The van der Waals surface area contributed by atoms with Gasteiger partial charge in [0.1, 0.15) is 0 Å². The van der Waals surface area contributed by atoms with Gasteiger partial charge in [0.15, 0.2) is 0 Å². The molecule has 0 heterocycles. The summed E-state index contributed by atoms with van der Waals surface area (Å²) in [5.74, 6) is 0. The molecular weight excluding hydrogens is 263 g/mol. The fraction of sp³-hybridized carbons (Fsp3) is 0.200. The Morgan fingerprint density at radius 1 is 1.50 bits per heavy atom. The third-order valence-electron chi connectivity index (χ3n) is 1.65. The van der Waals surface area contributed by atoms with Crippen molar-refractivity contribution in [2.45, 2.75) is 12.5 Å². The van der Waals surface area contributed by atoms with Crippen LogP contribution in [0.5, 0.6) is 0 Å². The van der Waals surface area contributed by atoms with Gasteiger partial charge in [0.05, 0.1) is 6.10 Å². The molecule has 12 heavy (non-hydrogen) atoms. The van der Waals surface area contributed by atoms with E-state index >= 15 is 0 Å². The lowest BCUT2D eigenvalue weighted by Gasteiger charge is -2.09. The maximum absolute atomic E-state index is 9.63. The van der Waals surface area contributed by atoms with Crippen molar-refractivity contribution in [3.05, 3.63) is 46.1 Å². The van der Waals surface area contributed by atoms with Crippen molar-refractivity contribution in [3.8, 4) is 0 Å². The van der Waals surface area contributed by atoms with Crippen LogP contribution in [0.1, 0.15) is 18.1 Å². The van der Waals surface area contributed by atoms with Gasteiger partial charge < -0.3 is 5.11 Å². The lowest BCUT2D eigenvalue weighted by Crippen LogP contribution is -1.97. The predicted octanol–water partition coefficient (Wildman–Crippen LogP) is 2.90. The summed E-state index contributed by atoms with van der Waals surface area (Å²) in [4.78, 5) is 0. The molecule has 1 aromatic carbocycles. The molecule has 1 atom stereocenters. The number of aliphatic hydroxyl groups is 1. The Hall–Kier alpha value is -0.350. The Morgan fingerprint density at radius 3 is 2.75 bits per heavy atom.